The number of anilines is 4. The smallest absolute Gasteiger partial charge is 0.239 e. The molecule has 6 rings (SSSR count). The summed E-state index contributed by atoms with van der Waals surface area (Å²) in [5.41, 5.74) is 2.64. The van der Waals surface area contributed by atoms with Gasteiger partial charge in [-0.15, -0.1) is 0 Å². The Morgan fingerprint density at radius 3 is 2.66 bits per heavy atom. The molecule has 1 atom stereocenters. The van der Waals surface area contributed by atoms with Crippen molar-refractivity contribution < 1.29 is 18.4 Å². The fourth-order valence-electron chi connectivity index (χ4n) is 5.19. The summed E-state index contributed by atoms with van der Waals surface area (Å²) in [6.07, 6.45) is 5.63. The summed E-state index contributed by atoms with van der Waals surface area (Å²) in [5.74, 6) is 0.296. The lowest BCUT2D eigenvalue weighted by molar-refractivity contribution is 0.156. The van der Waals surface area contributed by atoms with E-state index >= 15 is 0 Å². The zero-order valence-electron chi connectivity index (χ0n) is 23.1. The first-order valence-electron chi connectivity index (χ1n) is 13.4. The van der Waals surface area contributed by atoms with E-state index in [-0.39, 0.29) is 5.56 Å². The number of benzene rings is 1. The van der Waals surface area contributed by atoms with Crippen LogP contribution in [0.5, 0.6) is 5.88 Å². The lowest BCUT2D eigenvalue weighted by Gasteiger charge is -2.34. The Bertz CT molecular complexity index is 1540. The maximum absolute atomic E-state index is 14.6. The summed E-state index contributed by atoms with van der Waals surface area (Å²) in [6, 6.07) is 7.28. The van der Waals surface area contributed by atoms with Crippen molar-refractivity contribution in [3.05, 3.63) is 66.3 Å². The van der Waals surface area contributed by atoms with Crippen molar-refractivity contribution in [3.8, 4) is 17.0 Å². The summed E-state index contributed by atoms with van der Waals surface area (Å²) < 4.78 is 36.0. The summed E-state index contributed by atoms with van der Waals surface area (Å²) in [5, 5.41) is 9.17. The van der Waals surface area contributed by atoms with E-state index in [2.05, 4.69) is 37.2 Å². The van der Waals surface area contributed by atoms with Gasteiger partial charge in [0.05, 0.1) is 26.0 Å². The molecule has 41 heavy (non-hydrogen) atoms. The van der Waals surface area contributed by atoms with Crippen LogP contribution in [0.4, 0.5) is 31.9 Å². The van der Waals surface area contributed by atoms with Gasteiger partial charge in [0.25, 0.3) is 0 Å². The highest BCUT2D eigenvalue weighted by Crippen LogP contribution is 2.39. The van der Waals surface area contributed by atoms with Crippen molar-refractivity contribution in [1.82, 2.24) is 29.6 Å². The van der Waals surface area contributed by atoms with E-state index in [1.807, 2.05) is 25.5 Å². The topological polar surface area (TPSA) is 96.7 Å². The van der Waals surface area contributed by atoms with Gasteiger partial charge >= 0.3 is 0 Å². The Labute approximate surface area is 236 Å². The molecule has 1 N–H and O–H groups in total. The Hall–Kier alpha value is -4.36. The summed E-state index contributed by atoms with van der Waals surface area (Å²) in [4.78, 5) is 24.0. The second kappa shape index (κ2) is 11.3. The zero-order chi connectivity index (χ0) is 28.5. The molecule has 0 amide bonds. The van der Waals surface area contributed by atoms with Crippen molar-refractivity contribution in [2.75, 3.05) is 62.2 Å². The molecule has 2 aliphatic heterocycles. The average Bonchev–Trinajstić information content (AvgIpc) is 3.64. The van der Waals surface area contributed by atoms with E-state index < -0.39 is 17.7 Å². The normalized spacial score (nSPS) is 17.7. The van der Waals surface area contributed by atoms with Crippen LogP contribution >= 0.6 is 0 Å². The standard InChI is InChI=1S/C28H31F2N9O2/c1-36-8-10-38(11-9-36)27-20(18-15-33-37(2)16-18)13-22(28(35-27)40-3)34-24-14-25(32-17-31-24)39-23(7-12-41-39)19-5-4-6-21(29)26(19)30/h4-6,13-17,23H,7-12H2,1-3H3,(H,31,32,34). The Morgan fingerprint density at radius 2 is 1.90 bits per heavy atom. The SMILES string of the molecule is COc1nc(N2CCN(C)CC2)c(-c2cnn(C)c2)cc1Nc1cc(N2OCCC2c2cccc(F)c2F)ncn1. The second-order valence-electron chi connectivity index (χ2n) is 10.1. The third-order valence-electron chi connectivity index (χ3n) is 7.37. The van der Waals surface area contributed by atoms with E-state index in [4.69, 9.17) is 14.6 Å². The number of piperazine rings is 1. The van der Waals surface area contributed by atoms with Crippen LogP contribution in [0.1, 0.15) is 18.0 Å². The molecule has 13 heteroatoms. The van der Waals surface area contributed by atoms with Crippen LogP contribution in [0.15, 0.2) is 49.1 Å². The molecule has 4 aromatic rings. The van der Waals surface area contributed by atoms with Gasteiger partial charge in [0.15, 0.2) is 17.5 Å². The van der Waals surface area contributed by atoms with Gasteiger partial charge in [-0.25, -0.2) is 23.8 Å². The van der Waals surface area contributed by atoms with E-state index in [0.29, 0.717) is 36.2 Å². The molecule has 1 unspecified atom stereocenters. The van der Waals surface area contributed by atoms with Crippen LogP contribution in [0.3, 0.4) is 0 Å². The Kier molecular flexibility index (Phi) is 7.37. The molecule has 11 nitrogen and oxygen atoms in total. The van der Waals surface area contributed by atoms with Crippen LogP contribution in [-0.4, -0.2) is 76.6 Å². The molecule has 2 aliphatic rings. The highest BCUT2D eigenvalue weighted by atomic mass is 19.2. The molecule has 1 aromatic carbocycles. The van der Waals surface area contributed by atoms with Crippen molar-refractivity contribution in [3.63, 3.8) is 0 Å². The van der Waals surface area contributed by atoms with Crippen molar-refractivity contribution in [2.24, 2.45) is 7.05 Å². The quantitative estimate of drug-likeness (QED) is 0.356. The zero-order valence-corrected chi connectivity index (χ0v) is 23.1. The minimum absolute atomic E-state index is 0.210. The minimum Gasteiger partial charge on any atom is -0.479 e. The van der Waals surface area contributed by atoms with Gasteiger partial charge in [-0.1, -0.05) is 12.1 Å². The van der Waals surface area contributed by atoms with Gasteiger partial charge in [-0.2, -0.15) is 10.1 Å². The van der Waals surface area contributed by atoms with Gasteiger partial charge in [-0.05, 0) is 19.2 Å². The van der Waals surface area contributed by atoms with E-state index in [9.17, 15) is 8.78 Å². The van der Waals surface area contributed by atoms with Crippen molar-refractivity contribution in [1.29, 1.82) is 0 Å². The predicted molar refractivity (Wildman–Crippen MR) is 150 cm³/mol. The first-order valence-corrected chi connectivity index (χ1v) is 13.4. The molecule has 3 aromatic heterocycles. The van der Waals surface area contributed by atoms with Crippen LogP contribution < -0.4 is 20.0 Å². The highest BCUT2D eigenvalue weighted by Gasteiger charge is 2.32. The van der Waals surface area contributed by atoms with Gasteiger partial charge < -0.3 is 19.9 Å². The number of hydrogen-bond donors (Lipinski definition) is 1. The maximum Gasteiger partial charge on any atom is 0.239 e. The van der Waals surface area contributed by atoms with Gasteiger partial charge in [0.2, 0.25) is 5.88 Å². The number of halogens is 2. The average molecular weight is 564 g/mol. The highest BCUT2D eigenvalue weighted by molar-refractivity contribution is 5.81. The molecular formula is C28H31F2N9O2. The molecule has 214 valence electrons. The van der Waals surface area contributed by atoms with Crippen molar-refractivity contribution in [2.45, 2.75) is 12.5 Å². The van der Waals surface area contributed by atoms with Crippen molar-refractivity contribution >= 4 is 23.1 Å². The summed E-state index contributed by atoms with van der Waals surface area (Å²) >= 11 is 0. The number of pyridine rings is 1. The monoisotopic (exact) mass is 563 g/mol. The van der Waals surface area contributed by atoms with Crippen LogP contribution in [0.25, 0.3) is 11.1 Å². The molecule has 0 aliphatic carbocycles. The molecule has 2 saturated heterocycles. The number of methoxy groups -OCH3 is 1. The lowest BCUT2D eigenvalue weighted by atomic mass is 10.0. The minimum atomic E-state index is -0.900. The van der Waals surface area contributed by atoms with Crippen LogP contribution in [-0.2, 0) is 11.9 Å². The van der Waals surface area contributed by atoms with Gasteiger partial charge in [-0.3, -0.25) is 9.52 Å². The number of ether oxygens (including phenoxy) is 1. The summed E-state index contributed by atoms with van der Waals surface area (Å²) in [6.45, 7) is 3.88. The molecular weight excluding hydrogens is 532 g/mol. The van der Waals surface area contributed by atoms with Gasteiger partial charge in [0, 0.05) is 68.6 Å². The van der Waals surface area contributed by atoms with Gasteiger partial charge in [0.1, 0.15) is 23.7 Å². The maximum atomic E-state index is 14.6. The number of likely N-dealkylation sites (N-methyl/N-ethyl adjacent to an activating group) is 1. The number of hydrogen-bond acceptors (Lipinski definition) is 10. The van der Waals surface area contributed by atoms with Crippen LogP contribution in [0.2, 0.25) is 0 Å². The molecule has 0 saturated carbocycles. The second-order valence-corrected chi connectivity index (χ2v) is 10.1. The lowest BCUT2D eigenvalue weighted by Crippen LogP contribution is -2.45. The number of aromatic nitrogens is 5. The number of rotatable bonds is 7. The molecule has 2 fully saturated rings. The Balaban J connectivity index is 1.33. The third-order valence-corrected chi connectivity index (χ3v) is 7.37. The number of nitrogens with zero attached hydrogens (tertiary/aromatic N) is 8. The Morgan fingerprint density at radius 1 is 1.07 bits per heavy atom. The largest absolute Gasteiger partial charge is 0.479 e. The molecule has 0 radical (unpaired) electrons. The number of hydroxylamine groups is 1. The molecule has 5 heterocycles. The van der Waals surface area contributed by atoms with E-state index in [0.717, 1.165) is 49.2 Å². The molecule has 0 spiro atoms. The number of aryl methyl sites for hydroxylation is 1. The fraction of sp³-hybridized carbons (Fsp3) is 0.357. The third kappa shape index (κ3) is 5.37. The number of nitrogens with one attached hydrogen (secondary N) is 1. The fourth-order valence-corrected chi connectivity index (χ4v) is 5.19. The van der Waals surface area contributed by atoms with Crippen LogP contribution in [0, 0.1) is 11.6 Å². The summed E-state index contributed by atoms with van der Waals surface area (Å²) in [7, 11) is 5.56. The first kappa shape index (κ1) is 26.8. The first-order chi connectivity index (χ1) is 19.9. The van der Waals surface area contributed by atoms with E-state index in [1.165, 1.54) is 17.5 Å². The predicted octanol–water partition coefficient (Wildman–Crippen LogP) is 3.94. The molecule has 0 bridgehead atoms. The van der Waals surface area contributed by atoms with E-state index in [1.54, 1.807) is 23.9 Å².